The fourth-order valence-corrected chi connectivity index (χ4v) is 4.45. The fourth-order valence-electron chi connectivity index (χ4n) is 4.45. The van der Waals surface area contributed by atoms with Crippen molar-refractivity contribution in [3.63, 3.8) is 0 Å². The molecule has 6 nitrogen and oxygen atoms in total. The third kappa shape index (κ3) is 7.23. The summed E-state index contributed by atoms with van der Waals surface area (Å²) in [6.45, 7) is 16.3. The topological polar surface area (TPSA) is 78.1 Å². The van der Waals surface area contributed by atoms with Crippen LogP contribution >= 0.6 is 0 Å². The van der Waals surface area contributed by atoms with Crippen LogP contribution in [-0.2, 0) is 6.42 Å². The van der Waals surface area contributed by atoms with Crippen LogP contribution < -0.4 is 5.32 Å². The summed E-state index contributed by atoms with van der Waals surface area (Å²) in [5.74, 6) is 0.594. The molecule has 0 atom stereocenters. The number of hydrogen-bond donors (Lipinski definition) is 2. The number of nitrogens with one attached hydrogen (secondary N) is 2. The summed E-state index contributed by atoms with van der Waals surface area (Å²) >= 11 is 0. The smallest absolute Gasteiger partial charge is 0.256 e. The van der Waals surface area contributed by atoms with Gasteiger partial charge in [-0.3, -0.25) is 9.59 Å². The van der Waals surface area contributed by atoms with Gasteiger partial charge in [0.15, 0.2) is 0 Å². The average Bonchev–Trinajstić information content (AvgIpc) is 3.30. The third-order valence-electron chi connectivity index (χ3n) is 6.18. The average molecular weight is 535 g/mol. The summed E-state index contributed by atoms with van der Waals surface area (Å²) in [6.07, 6.45) is 2.45. The Labute approximate surface area is 237 Å². The zero-order valence-corrected chi connectivity index (χ0v) is 23.8. The van der Waals surface area contributed by atoms with Gasteiger partial charge in [0.1, 0.15) is 5.82 Å². The van der Waals surface area contributed by atoms with E-state index in [1.54, 1.807) is 35.2 Å². The number of allylic oxidation sites excluding steroid dienone is 1. The molecular formula is C34H38N4O2. The van der Waals surface area contributed by atoms with Crippen LogP contribution in [0.15, 0.2) is 98.1 Å². The van der Waals surface area contributed by atoms with Crippen molar-refractivity contribution in [3.05, 3.63) is 126 Å². The highest BCUT2D eigenvalue weighted by Crippen LogP contribution is 2.25. The van der Waals surface area contributed by atoms with Crippen molar-refractivity contribution in [2.75, 3.05) is 18.4 Å². The molecule has 2 N–H and O–H groups in total. The van der Waals surface area contributed by atoms with E-state index in [1.807, 2.05) is 82.3 Å². The molecule has 1 aliphatic rings. The maximum atomic E-state index is 13.2. The number of imidazole rings is 1. The number of amides is 2. The standard InChI is InChI=1S/C29H26N4O2.C3H6.C2H6/c1-19-18-33(17-16-26-27(19)31-20(2)30-26)29(35)22-12-14-23(15-13-22)32-28(34)25-11-7-6-10-24(25)21-8-4-3-5-9-21;1-3-2;1-2/h3-15H,1,16-18H2,2H3,(H,30,31)(H,32,34);3H,1H2,2H3;1-2H3. The van der Waals surface area contributed by atoms with Gasteiger partial charge in [-0.1, -0.05) is 75.0 Å². The number of benzene rings is 3. The Bertz CT molecular complexity index is 1450. The van der Waals surface area contributed by atoms with E-state index in [9.17, 15) is 9.59 Å². The van der Waals surface area contributed by atoms with Crippen LogP contribution in [0.1, 0.15) is 58.7 Å². The molecule has 2 amide bonds. The Hall–Kier alpha value is -4.71. The number of aryl methyl sites for hydroxylation is 1. The van der Waals surface area contributed by atoms with Crippen molar-refractivity contribution < 1.29 is 9.59 Å². The zero-order chi connectivity index (χ0) is 29.1. The summed E-state index contributed by atoms with van der Waals surface area (Å²) < 4.78 is 0. The third-order valence-corrected chi connectivity index (χ3v) is 6.18. The van der Waals surface area contributed by atoms with Crippen LogP contribution in [0.5, 0.6) is 0 Å². The minimum Gasteiger partial charge on any atom is -0.346 e. The number of aromatic nitrogens is 2. The maximum absolute atomic E-state index is 13.2. The molecule has 0 saturated heterocycles. The van der Waals surface area contributed by atoms with E-state index in [2.05, 4.69) is 28.4 Å². The lowest BCUT2D eigenvalue weighted by atomic mass is 9.99. The molecule has 5 rings (SSSR count). The van der Waals surface area contributed by atoms with Gasteiger partial charge in [0.2, 0.25) is 0 Å². The highest BCUT2D eigenvalue weighted by Gasteiger charge is 2.24. The van der Waals surface area contributed by atoms with Crippen LogP contribution in [0.25, 0.3) is 16.7 Å². The summed E-state index contributed by atoms with van der Waals surface area (Å²) in [4.78, 5) is 35.8. The van der Waals surface area contributed by atoms with E-state index < -0.39 is 0 Å². The molecule has 0 spiro atoms. The van der Waals surface area contributed by atoms with Gasteiger partial charge in [0.05, 0.1) is 5.69 Å². The van der Waals surface area contributed by atoms with E-state index in [1.165, 1.54) is 0 Å². The summed E-state index contributed by atoms with van der Waals surface area (Å²) in [6, 6.07) is 24.4. The molecule has 0 unspecified atom stereocenters. The molecule has 0 aliphatic carbocycles. The first-order valence-corrected chi connectivity index (χ1v) is 13.6. The van der Waals surface area contributed by atoms with Gasteiger partial charge in [-0.05, 0) is 60.9 Å². The second kappa shape index (κ2) is 14.4. The lowest BCUT2D eigenvalue weighted by molar-refractivity contribution is 0.0780. The highest BCUT2D eigenvalue weighted by atomic mass is 16.2. The van der Waals surface area contributed by atoms with Crippen LogP contribution in [0.3, 0.4) is 0 Å². The van der Waals surface area contributed by atoms with Crippen molar-refractivity contribution in [1.82, 2.24) is 14.9 Å². The zero-order valence-electron chi connectivity index (χ0n) is 23.8. The van der Waals surface area contributed by atoms with Gasteiger partial charge in [0, 0.05) is 42.0 Å². The van der Waals surface area contributed by atoms with E-state index in [0.29, 0.717) is 36.3 Å². The number of carbonyl (C=O) groups excluding carboxylic acids is 2. The lowest BCUT2D eigenvalue weighted by Gasteiger charge is -2.21. The number of rotatable bonds is 4. The second-order valence-corrected chi connectivity index (χ2v) is 9.08. The van der Waals surface area contributed by atoms with Crippen LogP contribution in [-0.4, -0.2) is 39.8 Å². The summed E-state index contributed by atoms with van der Waals surface area (Å²) in [5, 5.41) is 2.95. The predicted octanol–water partition coefficient (Wildman–Crippen LogP) is 7.57. The number of H-pyrrole nitrogens is 1. The first kappa shape index (κ1) is 29.8. The SMILES string of the molecule is C=C1CN(C(=O)c2ccc(NC(=O)c3ccccc3-c3ccccc3)cc2)CCc2[nH]c(C)nc21.C=CC.CC. The van der Waals surface area contributed by atoms with Crippen molar-refractivity contribution >= 4 is 23.1 Å². The van der Waals surface area contributed by atoms with Crippen molar-refractivity contribution in [2.24, 2.45) is 0 Å². The Morgan fingerprint density at radius 3 is 2.27 bits per heavy atom. The lowest BCUT2D eigenvalue weighted by Crippen LogP contribution is -2.33. The molecule has 206 valence electrons. The number of fused-ring (bicyclic) bond motifs is 1. The Morgan fingerprint density at radius 2 is 1.60 bits per heavy atom. The van der Waals surface area contributed by atoms with Gasteiger partial charge in [-0.2, -0.15) is 0 Å². The van der Waals surface area contributed by atoms with Gasteiger partial charge < -0.3 is 15.2 Å². The van der Waals surface area contributed by atoms with Crippen molar-refractivity contribution in [1.29, 1.82) is 0 Å². The van der Waals surface area contributed by atoms with Gasteiger partial charge in [-0.15, -0.1) is 6.58 Å². The molecule has 40 heavy (non-hydrogen) atoms. The number of aromatic amines is 1. The molecular weight excluding hydrogens is 496 g/mol. The predicted molar refractivity (Wildman–Crippen MR) is 165 cm³/mol. The first-order valence-electron chi connectivity index (χ1n) is 13.6. The highest BCUT2D eigenvalue weighted by molar-refractivity contribution is 6.09. The van der Waals surface area contributed by atoms with Crippen LogP contribution in [0, 0.1) is 6.92 Å². The fraction of sp³-hybridized carbons (Fsp3) is 0.206. The maximum Gasteiger partial charge on any atom is 0.256 e. The van der Waals surface area contributed by atoms with Gasteiger partial charge >= 0.3 is 0 Å². The monoisotopic (exact) mass is 534 g/mol. The second-order valence-electron chi connectivity index (χ2n) is 9.08. The molecule has 1 aliphatic heterocycles. The van der Waals surface area contributed by atoms with Crippen molar-refractivity contribution in [2.45, 2.75) is 34.1 Å². The van der Waals surface area contributed by atoms with Gasteiger partial charge in [-0.25, -0.2) is 4.98 Å². The molecule has 4 aromatic rings. The van der Waals surface area contributed by atoms with Crippen LogP contribution in [0.4, 0.5) is 5.69 Å². The summed E-state index contributed by atoms with van der Waals surface area (Å²) in [5.41, 5.74) is 6.36. The molecule has 0 fully saturated rings. The number of hydrogen-bond acceptors (Lipinski definition) is 3. The molecule has 0 saturated carbocycles. The minimum absolute atomic E-state index is 0.0691. The largest absolute Gasteiger partial charge is 0.346 e. The Balaban J connectivity index is 0.000000827. The van der Waals surface area contributed by atoms with E-state index in [-0.39, 0.29) is 11.8 Å². The minimum atomic E-state index is -0.198. The van der Waals surface area contributed by atoms with Crippen molar-refractivity contribution in [3.8, 4) is 11.1 Å². The molecule has 2 heterocycles. The Morgan fingerprint density at radius 1 is 0.975 bits per heavy atom. The molecule has 0 bridgehead atoms. The number of nitrogens with zero attached hydrogens (tertiary/aromatic N) is 2. The molecule has 0 radical (unpaired) electrons. The quantitative estimate of drug-likeness (QED) is 0.265. The van der Waals surface area contributed by atoms with E-state index in [0.717, 1.165) is 33.9 Å². The van der Waals surface area contributed by atoms with Crippen LogP contribution in [0.2, 0.25) is 0 Å². The normalized spacial score (nSPS) is 12.0. The number of carbonyl (C=O) groups is 2. The van der Waals surface area contributed by atoms with E-state index >= 15 is 0 Å². The van der Waals surface area contributed by atoms with Gasteiger partial charge in [0.25, 0.3) is 11.8 Å². The first-order chi connectivity index (χ1) is 19.4. The van der Waals surface area contributed by atoms with E-state index in [4.69, 9.17) is 0 Å². The number of anilines is 1. The molecule has 6 heteroatoms. The summed E-state index contributed by atoms with van der Waals surface area (Å²) in [7, 11) is 0. The molecule has 3 aromatic carbocycles. The molecule has 1 aromatic heterocycles. The Kier molecular flexibility index (Phi) is 10.8.